The van der Waals surface area contributed by atoms with Crippen LogP contribution >= 0.6 is 0 Å². The van der Waals surface area contributed by atoms with Gasteiger partial charge in [0.15, 0.2) is 0 Å². The number of benzene rings is 1. The second kappa shape index (κ2) is 6.66. The molecule has 124 valence electrons. The lowest BCUT2D eigenvalue weighted by molar-refractivity contribution is -0.384. The van der Waals surface area contributed by atoms with E-state index in [0.29, 0.717) is 11.8 Å². The number of nitrogens with one attached hydrogen (secondary N) is 1. The number of nitrogens with zero attached hydrogens (tertiary/aromatic N) is 1. The van der Waals surface area contributed by atoms with Crippen LogP contribution in [0.1, 0.15) is 37.7 Å². The van der Waals surface area contributed by atoms with E-state index < -0.39 is 4.92 Å². The molecule has 0 aromatic heterocycles. The molecule has 2 bridgehead atoms. The molecule has 1 aromatic rings. The van der Waals surface area contributed by atoms with Gasteiger partial charge in [-0.2, -0.15) is 0 Å². The first kappa shape index (κ1) is 15.9. The van der Waals surface area contributed by atoms with Crippen LogP contribution in [0.25, 0.3) is 0 Å². The highest BCUT2D eigenvalue weighted by molar-refractivity contribution is 5.79. The van der Waals surface area contributed by atoms with E-state index >= 15 is 0 Å². The number of nitro groups is 1. The summed E-state index contributed by atoms with van der Waals surface area (Å²) in [4.78, 5) is 22.6. The van der Waals surface area contributed by atoms with Gasteiger partial charge in [0.1, 0.15) is 0 Å². The van der Waals surface area contributed by atoms with Gasteiger partial charge in [-0.25, -0.2) is 0 Å². The fourth-order valence-corrected chi connectivity index (χ4v) is 4.18. The van der Waals surface area contributed by atoms with Crippen LogP contribution in [0.2, 0.25) is 0 Å². The maximum atomic E-state index is 12.3. The first-order valence-corrected chi connectivity index (χ1v) is 8.31. The maximum Gasteiger partial charge on any atom is 0.269 e. The summed E-state index contributed by atoms with van der Waals surface area (Å²) in [6.45, 7) is 0. The van der Waals surface area contributed by atoms with Crippen molar-refractivity contribution in [2.24, 2.45) is 17.6 Å². The number of fused-ring (bicyclic) bond motifs is 2. The highest BCUT2D eigenvalue weighted by atomic mass is 16.6. The molecule has 0 aliphatic heterocycles. The number of carbonyl (C=O) groups is 1. The lowest BCUT2D eigenvalue weighted by Gasteiger charge is -2.45. The molecule has 23 heavy (non-hydrogen) atoms. The van der Waals surface area contributed by atoms with Crippen LogP contribution in [-0.4, -0.2) is 22.9 Å². The Morgan fingerprint density at radius 1 is 1.22 bits per heavy atom. The van der Waals surface area contributed by atoms with Gasteiger partial charge >= 0.3 is 0 Å². The molecule has 6 heteroatoms. The highest BCUT2D eigenvalue weighted by Crippen LogP contribution is 2.39. The van der Waals surface area contributed by atoms with E-state index in [0.717, 1.165) is 31.2 Å². The van der Waals surface area contributed by atoms with Crippen molar-refractivity contribution >= 4 is 11.6 Å². The van der Waals surface area contributed by atoms with Gasteiger partial charge < -0.3 is 11.1 Å². The summed E-state index contributed by atoms with van der Waals surface area (Å²) in [5, 5.41) is 13.9. The summed E-state index contributed by atoms with van der Waals surface area (Å²) >= 11 is 0. The minimum atomic E-state index is -0.434. The number of nitrogens with two attached hydrogens (primary N) is 1. The normalized spacial score (nSPS) is 29.8. The van der Waals surface area contributed by atoms with E-state index in [1.54, 1.807) is 12.1 Å². The van der Waals surface area contributed by atoms with Crippen LogP contribution in [0.4, 0.5) is 5.69 Å². The number of non-ortho nitro benzene ring substituents is 1. The Morgan fingerprint density at radius 2 is 1.83 bits per heavy atom. The van der Waals surface area contributed by atoms with Crippen LogP contribution < -0.4 is 11.1 Å². The van der Waals surface area contributed by atoms with E-state index in [2.05, 4.69) is 5.32 Å². The summed E-state index contributed by atoms with van der Waals surface area (Å²) in [5.74, 6) is 0.993. The SMILES string of the molecule is NC1CC2CCCC(C1)C2NC(=O)Cc1ccc([N+](=O)[O-])cc1. The van der Waals surface area contributed by atoms with Gasteiger partial charge in [-0.15, -0.1) is 0 Å². The summed E-state index contributed by atoms with van der Waals surface area (Å²) < 4.78 is 0. The number of hydrogen-bond donors (Lipinski definition) is 2. The fourth-order valence-electron chi connectivity index (χ4n) is 4.18. The Morgan fingerprint density at radius 3 is 2.39 bits per heavy atom. The van der Waals surface area contributed by atoms with Gasteiger partial charge in [0.05, 0.1) is 11.3 Å². The Balaban J connectivity index is 1.59. The van der Waals surface area contributed by atoms with Crippen molar-refractivity contribution in [2.45, 2.75) is 50.6 Å². The van der Waals surface area contributed by atoms with Gasteiger partial charge in [0, 0.05) is 24.2 Å². The largest absolute Gasteiger partial charge is 0.353 e. The van der Waals surface area contributed by atoms with E-state index in [1.165, 1.54) is 18.6 Å². The number of carbonyl (C=O) groups excluding carboxylic acids is 1. The van der Waals surface area contributed by atoms with E-state index in [-0.39, 0.29) is 30.1 Å². The first-order chi connectivity index (χ1) is 11.0. The Bertz CT molecular complexity index is 573. The predicted molar refractivity (Wildman–Crippen MR) is 86.8 cm³/mol. The molecule has 2 atom stereocenters. The lowest BCUT2D eigenvalue weighted by Crippen LogP contribution is -2.54. The predicted octanol–water partition coefficient (Wildman–Crippen LogP) is 2.16. The van der Waals surface area contributed by atoms with Gasteiger partial charge in [-0.3, -0.25) is 14.9 Å². The molecule has 3 rings (SSSR count). The van der Waals surface area contributed by atoms with Crippen LogP contribution in [-0.2, 0) is 11.2 Å². The molecule has 0 saturated heterocycles. The first-order valence-electron chi connectivity index (χ1n) is 8.31. The van der Waals surface area contributed by atoms with Crippen LogP contribution in [0, 0.1) is 22.0 Å². The van der Waals surface area contributed by atoms with E-state index in [4.69, 9.17) is 5.73 Å². The lowest BCUT2D eigenvalue weighted by atomic mass is 9.67. The fraction of sp³-hybridized carbons (Fsp3) is 0.588. The molecule has 1 amide bonds. The number of rotatable bonds is 4. The molecule has 2 fully saturated rings. The summed E-state index contributed by atoms with van der Waals surface area (Å²) in [6.07, 6.45) is 5.79. The molecule has 2 aliphatic rings. The maximum absolute atomic E-state index is 12.3. The zero-order chi connectivity index (χ0) is 16.4. The monoisotopic (exact) mass is 317 g/mol. The standard InChI is InChI=1S/C17H23N3O3/c18-14-9-12-2-1-3-13(10-14)17(12)19-16(21)8-11-4-6-15(7-5-11)20(22)23/h4-7,12-14,17H,1-3,8-10,18H2,(H,19,21). The van der Waals surface area contributed by atoms with Crippen molar-refractivity contribution in [3.63, 3.8) is 0 Å². The molecule has 0 radical (unpaired) electrons. The summed E-state index contributed by atoms with van der Waals surface area (Å²) in [7, 11) is 0. The van der Waals surface area contributed by atoms with Crippen molar-refractivity contribution in [1.29, 1.82) is 0 Å². The second-order valence-electron chi connectivity index (χ2n) is 6.88. The Hall–Kier alpha value is -1.95. The van der Waals surface area contributed by atoms with Crippen molar-refractivity contribution in [3.8, 4) is 0 Å². The Kier molecular flexibility index (Phi) is 4.61. The zero-order valence-corrected chi connectivity index (χ0v) is 13.1. The minimum absolute atomic E-state index is 0.00350. The smallest absolute Gasteiger partial charge is 0.269 e. The molecule has 2 saturated carbocycles. The van der Waals surface area contributed by atoms with Crippen molar-refractivity contribution in [1.82, 2.24) is 5.32 Å². The van der Waals surface area contributed by atoms with Crippen molar-refractivity contribution < 1.29 is 9.72 Å². The third-order valence-corrected chi connectivity index (χ3v) is 5.22. The van der Waals surface area contributed by atoms with Crippen LogP contribution in [0.15, 0.2) is 24.3 Å². The quantitative estimate of drug-likeness (QED) is 0.656. The van der Waals surface area contributed by atoms with Gasteiger partial charge in [0.2, 0.25) is 5.91 Å². The molecule has 6 nitrogen and oxygen atoms in total. The molecular weight excluding hydrogens is 294 g/mol. The third-order valence-electron chi connectivity index (χ3n) is 5.22. The molecule has 3 N–H and O–H groups in total. The minimum Gasteiger partial charge on any atom is -0.353 e. The van der Waals surface area contributed by atoms with Gasteiger partial charge in [0.25, 0.3) is 5.69 Å². The van der Waals surface area contributed by atoms with E-state index in [9.17, 15) is 14.9 Å². The van der Waals surface area contributed by atoms with E-state index in [1.807, 2.05) is 0 Å². The molecule has 1 aromatic carbocycles. The number of nitro benzene ring substituents is 1. The zero-order valence-electron chi connectivity index (χ0n) is 13.1. The van der Waals surface area contributed by atoms with Gasteiger partial charge in [-0.05, 0) is 43.1 Å². The Labute approximate surface area is 135 Å². The van der Waals surface area contributed by atoms with Crippen LogP contribution in [0.3, 0.4) is 0 Å². The third kappa shape index (κ3) is 3.69. The topological polar surface area (TPSA) is 98.3 Å². The van der Waals surface area contributed by atoms with Gasteiger partial charge in [-0.1, -0.05) is 18.6 Å². The highest BCUT2D eigenvalue weighted by Gasteiger charge is 2.39. The summed E-state index contributed by atoms with van der Waals surface area (Å²) in [5.41, 5.74) is 6.96. The average molecular weight is 317 g/mol. The summed E-state index contributed by atoms with van der Waals surface area (Å²) in [6, 6.07) is 6.70. The van der Waals surface area contributed by atoms with Crippen LogP contribution in [0.5, 0.6) is 0 Å². The molecular formula is C17H23N3O3. The molecule has 0 spiro atoms. The average Bonchev–Trinajstić information content (AvgIpc) is 2.48. The molecule has 2 aliphatic carbocycles. The molecule has 0 heterocycles. The number of hydrogen-bond acceptors (Lipinski definition) is 4. The van der Waals surface area contributed by atoms with Crippen molar-refractivity contribution in [2.75, 3.05) is 0 Å². The molecule has 2 unspecified atom stereocenters. The second-order valence-corrected chi connectivity index (χ2v) is 6.88. The number of amides is 1. The van der Waals surface area contributed by atoms with Crippen molar-refractivity contribution in [3.05, 3.63) is 39.9 Å².